The highest BCUT2D eigenvalue weighted by Gasteiger charge is 2.12. The van der Waals surface area contributed by atoms with Gasteiger partial charge >= 0.3 is 0 Å². The van der Waals surface area contributed by atoms with Crippen molar-refractivity contribution in [2.24, 2.45) is 0 Å². The average molecular weight is 271 g/mol. The van der Waals surface area contributed by atoms with Gasteiger partial charge in [-0.25, -0.2) is 0 Å². The number of pyridine rings is 1. The summed E-state index contributed by atoms with van der Waals surface area (Å²) in [6.07, 6.45) is 3.62. The van der Waals surface area contributed by atoms with Crippen LogP contribution in [-0.2, 0) is 6.54 Å². The maximum absolute atomic E-state index is 6.22. The van der Waals surface area contributed by atoms with Gasteiger partial charge in [0.05, 0.1) is 18.0 Å². The molecule has 0 amide bonds. The Kier molecular flexibility index (Phi) is 4.82. The van der Waals surface area contributed by atoms with Crippen molar-refractivity contribution in [3.05, 3.63) is 48.3 Å². The number of anilines is 2. The number of ether oxygens (including phenoxy) is 1. The second-order valence-corrected chi connectivity index (χ2v) is 4.49. The van der Waals surface area contributed by atoms with Gasteiger partial charge in [-0.2, -0.15) is 0 Å². The van der Waals surface area contributed by atoms with Gasteiger partial charge in [0.15, 0.2) is 0 Å². The normalized spacial score (nSPS) is 10.3. The molecule has 0 unspecified atom stereocenters. The highest BCUT2D eigenvalue weighted by Crippen LogP contribution is 2.32. The van der Waals surface area contributed by atoms with Crippen LogP contribution in [0.3, 0.4) is 0 Å². The lowest BCUT2D eigenvalue weighted by Crippen LogP contribution is -2.23. The molecule has 0 aliphatic rings. The van der Waals surface area contributed by atoms with E-state index in [-0.39, 0.29) is 0 Å². The zero-order chi connectivity index (χ0) is 14.4. The lowest BCUT2D eigenvalue weighted by molar-refractivity contribution is 0.342. The molecule has 2 aromatic rings. The zero-order valence-electron chi connectivity index (χ0n) is 12.0. The first kappa shape index (κ1) is 14.2. The number of nitrogens with zero attached hydrogens (tertiary/aromatic N) is 2. The first-order valence-electron chi connectivity index (χ1n) is 6.91. The molecule has 1 aromatic carbocycles. The van der Waals surface area contributed by atoms with E-state index < -0.39 is 0 Å². The second-order valence-electron chi connectivity index (χ2n) is 4.49. The van der Waals surface area contributed by atoms with Crippen LogP contribution in [0.15, 0.2) is 42.7 Å². The van der Waals surface area contributed by atoms with Crippen molar-refractivity contribution in [3.63, 3.8) is 0 Å². The molecule has 0 aliphatic carbocycles. The van der Waals surface area contributed by atoms with Crippen molar-refractivity contribution >= 4 is 11.4 Å². The molecule has 0 bridgehead atoms. The molecule has 0 saturated heterocycles. The number of rotatable bonds is 6. The first-order valence-corrected chi connectivity index (χ1v) is 6.91. The molecule has 2 N–H and O–H groups in total. The van der Waals surface area contributed by atoms with Crippen LogP contribution in [-0.4, -0.2) is 18.1 Å². The molecule has 0 atom stereocenters. The van der Waals surface area contributed by atoms with Gasteiger partial charge in [-0.05, 0) is 43.7 Å². The lowest BCUT2D eigenvalue weighted by atomic mass is 10.2. The van der Waals surface area contributed by atoms with Crippen molar-refractivity contribution in [2.75, 3.05) is 23.8 Å². The molecule has 106 valence electrons. The third-order valence-corrected chi connectivity index (χ3v) is 3.19. The fourth-order valence-electron chi connectivity index (χ4n) is 2.17. The van der Waals surface area contributed by atoms with Crippen LogP contribution in [0.2, 0.25) is 0 Å². The molecule has 0 spiro atoms. The lowest BCUT2D eigenvalue weighted by Gasteiger charge is -2.25. The van der Waals surface area contributed by atoms with E-state index in [9.17, 15) is 0 Å². The van der Waals surface area contributed by atoms with Gasteiger partial charge in [-0.1, -0.05) is 6.07 Å². The van der Waals surface area contributed by atoms with Crippen molar-refractivity contribution < 1.29 is 4.74 Å². The molecular formula is C16H21N3O. The van der Waals surface area contributed by atoms with E-state index >= 15 is 0 Å². The number of para-hydroxylation sites is 1. The summed E-state index contributed by atoms with van der Waals surface area (Å²) in [4.78, 5) is 6.27. The van der Waals surface area contributed by atoms with Crippen LogP contribution in [0, 0.1) is 0 Å². The summed E-state index contributed by atoms with van der Waals surface area (Å²) in [6.45, 7) is 6.37. The minimum Gasteiger partial charge on any atom is -0.492 e. The predicted molar refractivity (Wildman–Crippen MR) is 83.0 cm³/mol. The quantitative estimate of drug-likeness (QED) is 0.820. The Bertz CT molecular complexity index is 543. The summed E-state index contributed by atoms with van der Waals surface area (Å²) < 4.78 is 5.56. The summed E-state index contributed by atoms with van der Waals surface area (Å²) in [5, 5.41) is 0. The minimum absolute atomic E-state index is 0.615. The third-order valence-electron chi connectivity index (χ3n) is 3.19. The second kappa shape index (κ2) is 6.80. The van der Waals surface area contributed by atoms with Crippen LogP contribution in [0.4, 0.5) is 11.4 Å². The van der Waals surface area contributed by atoms with Crippen LogP contribution in [0.5, 0.6) is 5.75 Å². The Labute approximate surface area is 120 Å². The summed E-state index contributed by atoms with van der Waals surface area (Å²) >= 11 is 0. The average Bonchev–Trinajstić information content (AvgIpc) is 2.49. The van der Waals surface area contributed by atoms with E-state index in [1.165, 1.54) is 5.56 Å². The van der Waals surface area contributed by atoms with Crippen molar-refractivity contribution in [3.8, 4) is 5.75 Å². The molecule has 0 fully saturated rings. The number of nitrogen functional groups attached to an aromatic ring is 1. The summed E-state index contributed by atoms with van der Waals surface area (Å²) in [7, 11) is 0. The Morgan fingerprint density at radius 3 is 2.55 bits per heavy atom. The third kappa shape index (κ3) is 3.20. The minimum atomic E-state index is 0.615. The van der Waals surface area contributed by atoms with Gasteiger partial charge in [0.1, 0.15) is 5.75 Å². The van der Waals surface area contributed by atoms with E-state index in [4.69, 9.17) is 10.5 Å². The largest absolute Gasteiger partial charge is 0.492 e. The van der Waals surface area contributed by atoms with E-state index in [1.807, 2.05) is 49.6 Å². The van der Waals surface area contributed by atoms with Crippen LogP contribution in [0.25, 0.3) is 0 Å². The monoisotopic (exact) mass is 271 g/mol. The summed E-state index contributed by atoms with van der Waals surface area (Å²) in [5.41, 5.74) is 9.14. The molecule has 1 aromatic heterocycles. The summed E-state index contributed by atoms with van der Waals surface area (Å²) in [5.74, 6) is 0.748. The number of nitrogens with two attached hydrogens (primary N) is 1. The molecule has 0 aliphatic heterocycles. The zero-order valence-corrected chi connectivity index (χ0v) is 12.0. The Balaban J connectivity index is 2.25. The van der Waals surface area contributed by atoms with Gasteiger partial charge in [0.2, 0.25) is 0 Å². The van der Waals surface area contributed by atoms with Crippen molar-refractivity contribution in [2.45, 2.75) is 20.4 Å². The molecule has 0 radical (unpaired) electrons. The highest BCUT2D eigenvalue weighted by molar-refractivity contribution is 5.74. The molecule has 0 saturated carbocycles. The maximum atomic E-state index is 6.22. The molecule has 1 heterocycles. The van der Waals surface area contributed by atoms with Gasteiger partial charge in [0, 0.05) is 25.5 Å². The molecule has 4 nitrogen and oxygen atoms in total. The topological polar surface area (TPSA) is 51.4 Å². The smallest absolute Gasteiger partial charge is 0.144 e. The fourth-order valence-corrected chi connectivity index (χ4v) is 2.17. The van der Waals surface area contributed by atoms with Gasteiger partial charge in [-0.3, -0.25) is 4.98 Å². The predicted octanol–water partition coefficient (Wildman–Crippen LogP) is 3.09. The fraction of sp³-hybridized carbons (Fsp3) is 0.312. The Morgan fingerprint density at radius 1 is 1.15 bits per heavy atom. The number of hydrogen-bond donors (Lipinski definition) is 1. The highest BCUT2D eigenvalue weighted by atomic mass is 16.5. The molecular weight excluding hydrogens is 250 g/mol. The van der Waals surface area contributed by atoms with E-state index in [0.717, 1.165) is 24.5 Å². The van der Waals surface area contributed by atoms with Crippen LogP contribution < -0.4 is 15.4 Å². The van der Waals surface area contributed by atoms with Gasteiger partial charge in [0.25, 0.3) is 0 Å². The molecule has 4 heteroatoms. The Morgan fingerprint density at radius 2 is 1.90 bits per heavy atom. The first-order chi connectivity index (χ1) is 9.76. The number of benzene rings is 1. The van der Waals surface area contributed by atoms with Gasteiger partial charge < -0.3 is 15.4 Å². The number of hydrogen-bond acceptors (Lipinski definition) is 4. The standard InChI is InChI=1S/C16H21N3O/c1-3-19(12-13-8-10-18-11-9-13)14-6-5-7-15(16(14)17)20-4-2/h5-11H,3-4,12,17H2,1-2H3. The number of aromatic nitrogens is 1. The Hall–Kier alpha value is -2.23. The SMILES string of the molecule is CCOc1cccc(N(CC)Cc2ccncc2)c1N. The van der Waals surface area contributed by atoms with E-state index in [1.54, 1.807) is 0 Å². The van der Waals surface area contributed by atoms with Gasteiger partial charge in [-0.15, -0.1) is 0 Å². The molecule has 20 heavy (non-hydrogen) atoms. The van der Waals surface area contributed by atoms with E-state index in [2.05, 4.69) is 16.8 Å². The molecule has 2 rings (SSSR count). The maximum Gasteiger partial charge on any atom is 0.144 e. The van der Waals surface area contributed by atoms with Crippen LogP contribution >= 0.6 is 0 Å². The summed E-state index contributed by atoms with van der Waals surface area (Å²) in [6, 6.07) is 9.95. The van der Waals surface area contributed by atoms with E-state index in [0.29, 0.717) is 12.3 Å². The van der Waals surface area contributed by atoms with Crippen molar-refractivity contribution in [1.29, 1.82) is 0 Å². The van der Waals surface area contributed by atoms with Crippen molar-refractivity contribution in [1.82, 2.24) is 4.98 Å². The van der Waals surface area contributed by atoms with Crippen LogP contribution in [0.1, 0.15) is 19.4 Å².